The zero-order valence-electron chi connectivity index (χ0n) is 7.81. The zero-order chi connectivity index (χ0) is 10.4. The summed E-state index contributed by atoms with van der Waals surface area (Å²) in [5.41, 5.74) is -1.01. The number of aliphatic hydroxyl groups excluding tert-OH is 1. The maximum Gasteiger partial charge on any atom is 0.152 e. The first-order chi connectivity index (χ1) is 6.49. The van der Waals surface area contributed by atoms with E-state index in [-0.39, 0.29) is 17.4 Å². The Bertz CT molecular complexity index is 379. The van der Waals surface area contributed by atoms with E-state index in [0.717, 1.165) is 12.8 Å². The normalized spacial score (nSPS) is 37.7. The fraction of sp³-hybridized carbons (Fsp3) is 0.889. The van der Waals surface area contributed by atoms with Gasteiger partial charge in [-0.3, -0.25) is 0 Å². The third-order valence-corrected chi connectivity index (χ3v) is 4.98. The van der Waals surface area contributed by atoms with Crippen LogP contribution in [0.2, 0.25) is 0 Å². The van der Waals surface area contributed by atoms with Crippen molar-refractivity contribution in [2.45, 2.75) is 25.4 Å². The highest BCUT2D eigenvalue weighted by Gasteiger charge is 2.52. The Morgan fingerprint density at radius 3 is 2.50 bits per heavy atom. The Kier molecular flexibility index (Phi) is 2.09. The van der Waals surface area contributed by atoms with E-state index < -0.39 is 21.4 Å². The van der Waals surface area contributed by atoms with E-state index in [0.29, 0.717) is 6.42 Å². The van der Waals surface area contributed by atoms with Crippen molar-refractivity contribution in [2.75, 3.05) is 11.5 Å². The molecule has 2 aliphatic rings. The van der Waals surface area contributed by atoms with Gasteiger partial charge in [-0.2, -0.15) is 5.26 Å². The van der Waals surface area contributed by atoms with Crippen LogP contribution in [0, 0.1) is 22.7 Å². The molecule has 2 rings (SSSR count). The van der Waals surface area contributed by atoms with E-state index in [1.807, 2.05) is 6.07 Å². The van der Waals surface area contributed by atoms with Gasteiger partial charge in [-0.25, -0.2) is 8.42 Å². The van der Waals surface area contributed by atoms with Gasteiger partial charge >= 0.3 is 0 Å². The van der Waals surface area contributed by atoms with Crippen LogP contribution < -0.4 is 0 Å². The first-order valence-corrected chi connectivity index (χ1v) is 6.61. The van der Waals surface area contributed by atoms with E-state index in [1.165, 1.54) is 0 Å². The maximum absolute atomic E-state index is 11.3. The Morgan fingerprint density at radius 1 is 1.50 bits per heavy atom. The predicted octanol–water partition coefficient (Wildman–Crippen LogP) is 0.0858. The lowest BCUT2D eigenvalue weighted by Crippen LogP contribution is -2.36. The van der Waals surface area contributed by atoms with Crippen molar-refractivity contribution < 1.29 is 13.5 Å². The Morgan fingerprint density at radius 2 is 2.14 bits per heavy atom. The standard InChI is InChI=1S/C9H13NO3S/c10-5-9(8(11)7-1-2-7)3-4-14(12,13)6-9/h7-8,11H,1-4,6H2. The summed E-state index contributed by atoms with van der Waals surface area (Å²) in [7, 11) is -3.10. The van der Waals surface area contributed by atoms with Gasteiger partial charge in [-0.1, -0.05) is 0 Å². The molecule has 0 aromatic rings. The molecule has 1 N–H and O–H groups in total. The van der Waals surface area contributed by atoms with Gasteiger partial charge in [0.25, 0.3) is 0 Å². The van der Waals surface area contributed by atoms with Gasteiger partial charge in [0.1, 0.15) is 0 Å². The van der Waals surface area contributed by atoms with E-state index >= 15 is 0 Å². The van der Waals surface area contributed by atoms with Gasteiger partial charge in [0.05, 0.1) is 29.1 Å². The molecule has 0 aromatic heterocycles. The molecule has 2 atom stereocenters. The molecule has 2 fully saturated rings. The summed E-state index contributed by atoms with van der Waals surface area (Å²) in [6.45, 7) is 0. The van der Waals surface area contributed by atoms with Crippen molar-refractivity contribution >= 4 is 9.84 Å². The molecular formula is C9H13NO3S. The van der Waals surface area contributed by atoms with E-state index in [9.17, 15) is 13.5 Å². The molecule has 78 valence electrons. The van der Waals surface area contributed by atoms with Gasteiger partial charge in [0, 0.05) is 0 Å². The molecule has 4 nitrogen and oxygen atoms in total. The van der Waals surface area contributed by atoms with Crippen LogP contribution >= 0.6 is 0 Å². The predicted molar refractivity (Wildman–Crippen MR) is 50.0 cm³/mol. The monoisotopic (exact) mass is 215 g/mol. The van der Waals surface area contributed by atoms with E-state index in [4.69, 9.17) is 5.26 Å². The van der Waals surface area contributed by atoms with Gasteiger partial charge in [-0.05, 0) is 25.2 Å². The number of rotatable bonds is 2. The molecule has 0 aromatic carbocycles. The number of sulfone groups is 1. The minimum absolute atomic E-state index is 0.0460. The summed E-state index contributed by atoms with van der Waals surface area (Å²) in [5, 5.41) is 18.9. The molecule has 0 amide bonds. The fourth-order valence-corrected chi connectivity index (χ4v) is 4.11. The molecule has 5 heteroatoms. The minimum Gasteiger partial charge on any atom is -0.391 e. The zero-order valence-corrected chi connectivity index (χ0v) is 8.63. The molecule has 14 heavy (non-hydrogen) atoms. The van der Waals surface area contributed by atoms with Crippen LogP contribution in [-0.2, 0) is 9.84 Å². The third-order valence-electron chi connectivity index (χ3n) is 3.19. The summed E-state index contributed by atoms with van der Waals surface area (Å²) >= 11 is 0. The SMILES string of the molecule is N#CC1(C(O)C2CC2)CCS(=O)(=O)C1. The summed E-state index contributed by atoms with van der Waals surface area (Å²) < 4.78 is 22.6. The van der Waals surface area contributed by atoms with Gasteiger partial charge in [0.15, 0.2) is 9.84 Å². The van der Waals surface area contributed by atoms with Gasteiger partial charge < -0.3 is 5.11 Å². The average molecular weight is 215 g/mol. The summed E-state index contributed by atoms with van der Waals surface area (Å²) in [5.74, 6) is 0.0429. The molecule has 1 heterocycles. The van der Waals surface area contributed by atoms with Gasteiger partial charge in [0.2, 0.25) is 0 Å². The molecule has 1 aliphatic carbocycles. The van der Waals surface area contributed by atoms with Crippen molar-refractivity contribution in [3.63, 3.8) is 0 Å². The molecule has 1 saturated heterocycles. The van der Waals surface area contributed by atoms with Crippen LogP contribution in [0.25, 0.3) is 0 Å². The van der Waals surface area contributed by atoms with E-state index in [2.05, 4.69) is 0 Å². The van der Waals surface area contributed by atoms with Crippen LogP contribution in [0.3, 0.4) is 0 Å². The molecule has 0 radical (unpaired) electrons. The quantitative estimate of drug-likeness (QED) is 0.708. The van der Waals surface area contributed by atoms with Crippen molar-refractivity contribution in [1.82, 2.24) is 0 Å². The topological polar surface area (TPSA) is 78.2 Å². The number of hydrogen-bond donors (Lipinski definition) is 1. The lowest BCUT2D eigenvalue weighted by molar-refractivity contribution is 0.0596. The Balaban J connectivity index is 2.24. The fourth-order valence-electron chi connectivity index (χ4n) is 2.13. The van der Waals surface area contributed by atoms with Crippen molar-refractivity contribution in [2.24, 2.45) is 11.3 Å². The number of nitrogens with zero attached hydrogens (tertiary/aromatic N) is 1. The molecule has 2 unspecified atom stereocenters. The van der Waals surface area contributed by atoms with Gasteiger partial charge in [-0.15, -0.1) is 0 Å². The second kappa shape index (κ2) is 2.94. The number of aliphatic hydroxyl groups is 1. The summed E-state index contributed by atoms with van der Waals surface area (Å²) in [4.78, 5) is 0. The van der Waals surface area contributed by atoms with Crippen molar-refractivity contribution in [3.8, 4) is 6.07 Å². The smallest absolute Gasteiger partial charge is 0.152 e. The summed E-state index contributed by atoms with van der Waals surface area (Å²) in [6.07, 6.45) is 1.39. The molecular weight excluding hydrogens is 202 g/mol. The second-order valence-electron chi connectivity index (χ2n) is 4.39. The molecule has 0 bridgehead atoms. The first kappa shape index (κ1) is 9.94. The Labute approximate surface area is 83.5 Å². The summed E-state index contributed by atoms with van der Waals surface area (Å²) in [6, 6.07) is 2.02. The first-order valence-electron chi connectivity index (χ1n) is 4.79. The van der Waals surface area contributed by atoms with Crippen molar-refractivity contribution in [1.29, 1.82) is 5.26 Å². The molecule has 1 saturated carbocycles. The lowest BCUT2D eigenvalue weighted by Gasteiger charge is -2.25. The highest BCUT2D eigenvalue weighted by Crippen LogP contribution is 2.45. The third kappa shape index (κ3) is 1.53. The maximum atomic E-state index is 11.3. The Hall–Kier alpha value is -0.600. The van der Waals surface area contributed by atoms with Crippen LogP contribution in [0.4, 0.5) is 0 Å². The second-order valence-corrected chi connectivity index (χ2v) is 6.58. The average Bonchev–Trinajstić information content (AvgIpc) is 2.90. The lowest BCUT2D eigenvalue weighted by atomic mass is 9.81. The largest absolute Gasteiger partial charge is 0.391 e. The van der Waals surface area contributed by atoms with E-state index in [1.54, 1.807) is 0 Å². The van der Waals surface area contributed by atoms with Crippen LogP contribution in [0.5, 0.6) is 0 Å². The molecule has 0 spiro atoms. The molecule has 1 aliphatic heterocycles. The number of hydrogen-bond acceptors (Lipinski definition) is 4. The number of nitriles is 1. The minimum atomic E-state index is -3.10. The highest BCUT2D eigenvalue weighted by atomic mass is 32.2. The highest BCUT2D eigenvalue weighted by molar-refractivity contribution is 7.91. The van der Waals surface area contributed by atoms with Crippen LogP contribution in [0.15, 0.2) is 0 Å². The van der Waals surface area contributed by atoms with Crippen LogP contribution in [0.1, 0.15) is 19.3 Å². The van der Waals surface area contributed by atoms with Crippen molar-refractivity contribution in [3.05, 3.63) is 0 Å². The van der Waals surface area contributed by atoms with Crippen LogP contribution in [-0.4, -0.2) is 31.1 Å².